The van der Waals surface area contributed by atoms with Gasteiger partial charge in [-0.15, -0.1) is 0 Å². The van der Waals surface area contributed by atoms with E-state index in [1.54, 1.807) is 35.2 Å². The van der Waals surface area contributed by atoms with Gasteiger partial charge in [0.05, 0.1) is 17.6 Å². The molecule has 4 aromatic rings. The molecule has 0 saturated carbocycles. The summed E-state index contributed by atoms with van der Waals surface area (Å²) in [6.07, 6.45) is 3.69. The fourth-order valence-electron chi connectivity index (χ4n) is 3.67. The van der Waals surface area contributed by atoms with Crippen molar-refractivity contribution in [2.45, 2.75) is 12.5 Å². The molecule has 152 valence electrons. The molecular formula is C23H17N4O4+. The van der Waals surface area contributed by atoms with E-state index in [2.05, 4.69) is 5.32 Å². The molecule has 2 aromatic carbocycles. The fourth-order valence-corrected chi connectivity index (χ4v) is 3.67. The molecular weight excluding hydrogens is 396 g/mol. The zero-order valence-electron chi connectivity index (χ0n) is 16.3. The number of benzene rings is 2. The summed E-state index contributed by atoms with van der Waals surface area (Å²) in [6, 6.07) is 18.8. The van der Waals surface area contributed by atoms with Crippen molar-refractivity contribution in [3.8, 4) is 22.5 Å². The SMILES string of the molecule is O=C1C(Cc2ccco2)Nc2c(-c3ccc([N+](=O)[O-])cc3)nc(-c3ccccc3)c[n+]21. The number of carbonyl (C=O) groups is 1. The van der Waals surface area contributed by atoms with Gasteiger partial charge in [-0.25, -0.2) is 9.78 Å². The largest absolute Gasteiger partial charge is 0.469 e. The zero-order valence-corrected chi connectivity index (χ0v) is 16.3. The number of hydrogen-bond acceptors (Lipinski definition) is 6. The average Bonchev–Trinajstić information content (AvgIpc) is 3.42. The van der Waals surface area contributed by atoms with Crippen molar-refractivity contribution in [2.75, 3.05) is 5.32 Å². The molecule has 31 heavy (non-hydrogen) atoms. The Balaban J connectivity index is 1.62. The highest BCUT2D eigenvalue weighted by Gasteiger charge is 2.42. The van der Waals surface area contributed by atoms with Crippen molar-refractivity contribution >= 4 is 17.4 Å². The number of aromatic nitrogens is 2. The minimum Gasteiger partial charge on any atom is -0.469 e. The van der Waals surface area contributed by atoms with Crippen LogP contribution in [0, 0.1) is 10.1 Å². The predicted molar refractivity (Wildman–Crippen MR) is 112 cm³/mol. The number of fused-ring (bicyclic) bond motifs is 1. The minimum atomic E-state index is -0.504. The summed E-state index contributed by atoms with van der Waals surface area (Å²) in [6.45, 7) is 0. The molecule has 3 heterocycles. The highest BCUT2D eigenvalue weighted by atomic mass is 16.6. The molecule has 0 amide bonds. The number of anilines is 1. The second-order valence-electron chi connectivity index (χ2n) is 7.18. The maximum Gasteiger partial charge on any atom is 0.359 e. The van der Waals surface area contributed by atoms with Crippen LogP contribution in [0.3, 0.4) is 0 Å². The van der Waals surface area contributed by atoms with E-state index in [1.807, 2.05) is 36.4 Å². The summed E-state index contributed by atoms with van der Waals surface area (Å²) < 4.78 is 6.97. The lowest BCUT2D eigenvalue weighted by Gasteiger charge is -2.07. The first-order valence-electron chi connectivity index (χ1n) is 9.70. The fraction of sp³-hybridized carbons (Fsp3) is 0.0870. The van der Waals surface area contributed by atoms with Crippen molar-refractivity contribution in [1.29, 1.82) is 0 Å². The van der Waals surface area contributed by atoms with Crippen LogP contribution in [0.15, 0.2) is 83.6 Å². The predicted octanol–water partition coefficient (Wildman–Crippen LogP) is 3.88. The number of rotatable bonds is 5. The Bertz CT molecular complexity index is 1270. The van der Waals surface area contributed by atoms with Gasteiger partial charge in [0, 0.05) is 23.3 Å². The zero-order chi connectivity index (χ0) is 21.4. The standard InChI is InChI=1S/C23H16N4O4/c28-23-19(13-18-7-4-12-31-18)25-22-21(16-8-10-17(11-9-16)27(29)30)24-20(14-26(22)23)15-5-2-1-3-6-15/h1-12,14,19H,13H2/p+1. The van der Waals surface area contributed by atoms with E-state index in [0.29, 0.717) is 35.0 Å². The lowest BCUT2D eigenvalue weighted by molar-refractivity contribution is -0.551. The Kier molecular flexibility index (Phi) is 4.51. The molecule has 0 radical (unpaired) electrons. The second kappa shape index (κ2) is 7.49. The maximum atomic E-state index is 13.2. The molecule has 1 aliphatic heterocycles. The van der Waals surface area contributed by atoms with E-state index < -0.39 is 11.0 Å². The van der Waals surface area contributed by atoms with Crippen molar-refractivity contribution in [2.24, 2.45) is 0 Å². The second-order valence-corrected chi connectivity index (χ2v) is 7.18. The van der Waals surface area contributed by atoms with Crippen LogP contribution in [0.4, 0.5) is 11.5 Å². The molecule has 1 atom stereocenters. The van der Waals surface area contributed by atoms with Crippen LogP contribution in [0.5, 0.6) is 0 Å². The van der Waals surface area contributed by atoms with E-state index in [-0.39, 0.29) is 11.6 Å². The number of nitro groups is 1. The molecule has 2 aromatic heterocycles. The summed E-state index contributed by atoms with van der Waals surface area (Å²) >= 11 is 0. The summed E-state index contributed by atoms with van der Waals surface area (Å²) in [5, 5.41) is 14.3. The number of non-ortho nitro benzene ring substituents is 1. The molecule has 0 saturated heterocycles. The number of carbonyl (C=O) groups excluding carboxylic acids is 1. The van der Waals surface area contributed by atoms with Crippen LogP contribution >= 0.6 is 0 Å². The summed E-state index contributed by atoms with van der Waals surface area (Å²) in [5.41, 5.74) is 2.71. The van der Waals surface area contributed by atoms with Crippen LogP contribution < -0.4 is 9.88 Å². The lowest BCUT2D eigenvalue weighted by Crippen LogP contribution is -2.43. The third-order valence-corrected chi connectivity index (χ3v) is 5.20. The molecule has 5 rings (SSSR count). The molecule has 8 nitrogen and oxygen atoms in total. The molecule has 0 spiro atoms. The molecule has 8 heteroatoms. The Morgan fingerprint density at radius 2 is 1.81 bits per heavy atom. The van der Waals surface area contributed by atoms with E-state index >= 15 is 0 Å². The van der Waals surface area contributed by atoms with Gasteiger partial charge in [-0.2, -0.15) is 4.57 Å². The molecule has 1 N–H and O–H groups in total. The third-order valence-electron chi connectivity index (χ3n) is 5.20. The number of nitro benzene ring substituents is 1. The Morgan fingerprint density at radius 3 is 2.48 bits per heavy atom. The Morgan fingerprint density at radius 1 is 1.03 bits per heavy atom. The smallest absolute Gasteiger partial charge is 0.359 e. The minimum absolute atomic E-state index is 0.00741. The van der Waals surface area contributed by atoms with Gasteiger partial charge in [0.15, 0.2) is 5.69 Å². The summed E-state index contributed by atoms with van der Waals surface area (Å²) in [4.78, 5) is 28.6. The normalized spacial score (nSPS) is 14.8. The first-order chi connectivity index (χ1) is 15.1. The van der Waals surface area contributed by atoms with Gasteiger partial charge in [-0.05, 0) is 24.3 Å². The van der Waals surface area contributed by atoms with E-state index in [9.17, 15) is 14.9 Å². The van der Waals surface area contributed by atoms with Gasteiger partial charge in [-0.1, -0.05) is 30.3 Å². The number of furan rings is 1. The summed E-state index contributed by atoms with van der Waals surface area (Å²) in [7, 11) is 0. The van der Waals surface area contributed by atoms with Crippen molar-refractivity contribution in [3.63, 3.8) is 0 Å². The number of hydrogen-bond donors (Lipinski definition) is 1. The van der Waals surface area contributed by atoms with Crippen LogP contribution in [0.25, 0.3) is 22.5 Å². The molecule has 0 bridgehead atoms. The van der Waals surface area contributed by atoms with E-state index in [0.717, 1.165) is 5.56 Å². The van der Waals surface area contributed by atoms with Crippen LogP contribution in [0.2, 0.25) is 0 Å². The number of nitrogens with one attached hydrogen (secondary N) is 1. The van der Waals surface area contributed by atoms with E-state index in [4.69, 9.17) is 9.40 Å². The monoisotopic (exact) mass is 413 g/mol. The van der Waals surface area contributed by atoms with Gasteiger partial charge < -0.3 is 4.42 Å². The summed E-state index contributed by atoms with van der Waals surface area (Å²) in [5.74, 6) is 1.14. The van der Waals surface area contributed by atoms with Crippen molar-refractivity contribution in [3.05, 3.63) is 95.1 Å². The van der Waals surface area contributed by atoms with E-state index in [1.165, 1.54) is 12.1 Å². The Hall–Kier alpha value is -4.33. The van der Waals surface area contributed by atoms with Gasteiger partial charge in [0.1, 0.15) is 17.7 Å². The average molecular weight is 413 g/mol. The van der Waals surface area contributed by atoms with Crippen LogP contribution in [-0.4, -0.2) is 21.9 Å². The van der Waals surface area contributed by atoms with Crippen LogP contribution in [0.1, 0.15) is 10.6 Å². The van der Waals surface area contributed by atoms with Gasteiger partial charge in [-0.3, -0.25) is 15.4 Å². The Labute approximate surface area is 176 Å². The van der Waals surface area contributed by atoms with Gasteiger partial charge in [0.2, 0.25) is 6.04 Å². The molecule has 0 fully saturated rings. The molecule has 1 unspecified atom stereocenters. The lowest BCUT2D eigenvalue weighted by atomic mass is 10.1. The quantitative estimate of drug-likeness (QED) is 0.303. The first kappa shape index (κ1) is 18.7. The highest BCUT2D eigenvalue weighted by Crippen LogP contribution is 2.31. The first-order valence-corrected chi connectivity index (χ1v) is 9.70. The number of nitrogens with zero attached hydrogens (tertiary/aromatic N) is 3. The van der Waals surface area contributed by atoms with Gasteiger partial charge in [0.25, 0.3) is 5.69 Å². The molecule has 0 aliphatic carbocycles. The topological polar surface area (TPSA) is 102 Å². The third kappa shape index (κ3) is 3.44. The van der Waals surface area contributed by atoms with Crippen molar-refractivity contribution in [1.82, 2.24) is 4.98 Å². The highest BCUT2D eigenvalue weighted by molar-refractivity contribution is 5.86. The van der Waals surface area contributed by atoms with Crippen LogP contribution in [-0.2, 0) is 6.42 Å². The molecule has 1 aliphatic rings. The van der Waals surface area contributed by atoms with Gasteiger partial charge >= 0.3 is 11.7 Å². The maximum absolute atomic E-state index is 13.2. The van der Waals surface area contributed by atoms with Crippen molar-refractivity contribution < 1.29 is 18.7 Å².